The molecule has 4 heteroatoms. The highest BCUT2D eigenvalue weighted by atomic mass is 16.2. The van der Waals surface area contributed by atoms with E-state index in [2.05, 4.69) is 10.9 Å². The highest BCUT2D eigenvalue weighted by molar-refractivity contribution is 5.94. The second-order valence-electron chi connectivity index (χ2n) is 5.60. The van der Waals surface area contributed by atoms with Crippen molar-refractivity contribution in [3.05, 3.63) is 83.6 Å². The molecule has 0 bridgehead atoms. The van der Waals surface area contributed by atoms with E-state index in [-0.39, 0.29) is 17.6 Å². The molecule has 2 aromatic carbocycles. The number of nitrogens with one attached hydrogen (secondary N) is 2. The van der Waals surface area contributed by atoms with Crippen molar-refractivity contribution in [2.24, 2.45) is 0 Å². The van der Waals surface area contributed by atoms with Gasteiger partial charge in [-0.3, -0.25) is 15.0 Å². The maximum atomic E-state index is 12.0. The standard InChI is InChI=1S/C19H18N2O2/c22-18-12-16(14-7-3-1-4-8-14)11-17(13-18)20-21-19(23)15-9-5-2-6-10-15/h1-10,13,16,20H,11-12H2,(H,21,23)/t16-/m1/s1. The van der Waals surface area contributed by atoms with Gasteiger partial charge in [0.15, 0.2) is 5.78 Å². The molecule has 1 atom stereocenters. The van der Waals surface area contributed by atoms with Gasteiger partial charge in [-0.25, -0.2) is 0 Å². The third kappa shape index (κ3) is 3.86. The Morgan fingerprint density at radius 1 is 0.913 bits per heavy atom. The second kappa shape index (κ2) is 6.92. The number of amides is 1. The summed E-state index contributed by atoms with van der Waals surface area (Å²) in [6.45, 7) is 0. The molecule has 1 aliphatic carbocycles. The number of carbonyl (C=O) groups is 2. The predicted molar refractivity (Wildman–Crippen MR) is 88.6 cm³/mol. The molecule has 23 heavy (non-hydrogen) atoms. The summed E-state index contributed by atoms with van der Waals surface area (Å²) in [7, 11) is 0. The third-order valence-electron chi connectivity index (χ3n) is 3.89. The monoisotopic (exact) mass is 306 g/mol. The van der Waals surface area contributed by atoms with Crippen molar-refractivity contribution in [3.63, 3.8) is 0 Å². The lowest BCUT2D eigenvalue weighted by Gasteiger charge is -2.23. The normalized spacial score (nSPS) is 17.3. The van der Waals surface area contributed by atoms with Crippen LogP contribution in [0.15, 0.2) is 72.4 Å². The first kappa shape index (κ1) is 15.0. The second-order valence-corrected chi connectivity index (χ2v) is 5.60. The van der Waals surface area contributed by atoms with E-state index >= 15 is 0 Å². The molecule has 0 aliphatic heterocycles. The summed E-state index contributed by atoms with van der Waals surface area (Å²) in [5.41, 5.74) is 7.99. The topological polar surface area (TPSA) is 58.2 Å². The van der Waals surface area contributed by atoms with Crippen LogP contribution in [0, 0.1) is 0 Å². The van der Waals surface area contributed by atoms with Crippen molar-refractivity contribution in [2.45, 2.75) is 18.8 Å². The average molecular weight is 306 g/mol. The molecular weight excluding hydrogens is 288 g/mol. The number of hydrogen-bond acceptors (Lipinski definition) is 3. The van der Waals surface area contributed by atoms with Crippen LogP contribution < -0.4 is 10.9 Å². The minimum Gasteiger partial charge on any atom is -0.302 e. The quantitative estimate of drug-likeness (QED) is 0.854. The minimum atomic E-state index is -0.221. The number of rotatable bonds is 4. The largest absolute Gasteiger partial charge is 0.302 e. The smallest absolute Gasteiger partial charge is 0.269 e. The molecule has 2 N–H and O–H groups in total. The molecule has 0 spiro atoms. The van der Waals surface area contributed by atoms with Gasteiger partial charge in [-0.2, -0.15) is 0 Å². The maximum absolute atomic E-state index is 12.0. The Labute approximate surface area is 135 Å². The number of hydrazine groups is 1. The van der Waals surface area contributed by atoms with E-state index < -0.39 is 0 Å². The Morgan fingerprint density at radius 3 is 2.26 bits per heavy atom. The van der Waals surface area contributed by atoms with Crippen LogP contribution in [0.25, 0.3) is 0 Å². The van der Waals surface area contributed by atoms with E-state index in [9.17, 15) is 9.59 Å². The first-order valence-corrected chi connectivity index (χ1v) is 7.62. The number of hydrogen-bond donors (Lipinski definition) is 2. The first-order chi connectivity index (χ1) is 11.2. The van der Waals surface area contributed by atoms with Crippen LogP contribution in [-0.4, -0.2) is 11.7 Å². The van der Waals surface area contributed by atoms with Crippen LogP contribution in [0.3, 0.4) is 0 Å². The van der Waals surface area contributed by atoms with Gasteiger partial charge in [0.1, 0.15) is 0 Å². The van der Waals surface area contributed by atoms with Gasteiger partial charge in [0.25, 0.3) is 5.91 Å². The summed E-state index contributed by atoms with van der Waals surface area (Å²) in [5, 5.41) is 0. The molecule has 0 radical (unpaired) electrons. The van der Waals surface area contributed by atoms with Crippen LogP contribution in [0.1, 0.15) is 34.7 Å². The summed E-state index contributed by atoms with van der Waals surface area (Å²) in [6.07, 6.45) is 2.78. The molecule has 116 valence electrons. The van der Waals surface area contributed by atoms with Gasteiger partial charge in [0.2, 0.25) is 0 Å². The Hall–Kier alpha value is -2.88. The Balaban J connectivity index is 1.64. The summed E-state index contributed by atoms with van der Waals surface area (Å²) >= 11 is 0. The zero-order chi connectivity index (χ0) is 16.1. The van der Waals surface area contributed by atoms with E-state index in [1.807, 2.05) is 48.5 Å². The van der Waals surface area contributed by atoms with E-state index in [0.29, 0.717) is 18.4 Å². The lowest BCUT2D eigenvalue weighted by Crippen LogP contribution is -2.38. The number of allylic oxidation sites excluding steroid dienone is 2. The minimum absolute atomic E-state index is 0.0709. The van der Waals surface area contributed by atoms with Crippen LogP contribution in [0.5, 0.6) is 0 Å². The maximum Gasteiger partial charge on any atom is 0.269 e. The van der Waals surface area contributed by atoms with Crippen molar-refractivity contribution in [1.29, 1.82) is 0 Å². The number of ketones is 1. The van der Waals surface area contributed by atoms with Crippen molar-refractivity contribution in [1.82, 2.24) is 10.9 Å². The van der Waals surface area contributed by atoms with Crippen LogP contribution >= 0.6 is 0 Å². The molecule has 0 saturated carbocycles. The summed E-state index contributed by atoms with van der Waals surface area (Å²) in [4.78, 5) is 24.0. The van der Waals surface area contributed by atoms with Gasteiger partial charge in [-0.15, -0.1) is 0 Å². The lowest BCUT2D eigenvalue weighted by atomic mass is 9.86. The van der Waals surface area contributed by atoms with Crippen molar-refractivity contribution in [3.8, 4) is 0 Å². The molecule has 0 aromatic heterocycles. The molecule has 0 fully saturated rings. The van der Waals surface area contributed by atoms with Gasteiger partial charge in [0.05, 0.1) is 0 Å². The fourth-order valence-electron chi connectivity index (χ4n) is 2.74. The lowest BCUT2D eigenvalue weighted by molar-refractivity contribution is -0.115. The SMILES string of the molecule is O=C1C=C(NNC(=O)c2ccccc2)C[C@@H](c2ccccc2)C1. The van der Waals surface area contributed by atoms with Crippen molar-refractivity contribution >= 4 is 11.7 Å². The van der Waals surface area contributed by atoms with Crippen LogP contribution in [-0.2, 0) is 4.79 Å². The van der Waals surface area contributed by atoms with Gasteiger partial charge in [-0.05, 0) is 30.0 Å². The number of carbonyl (C=O) groups excluding carboxylic acids is 2. The summed E-state index contributed by atoms with van der Waals surface area (Å²) < 4.78 is 0. The molecule has 1 amide bonds. The van der Waals surface area contributed by atoms with E-state index in [1.54, 1.807) is 18.2 Å². The van der Waals surface area contributed by atoms with Gasteiger partial charge in [0, 0.05) is 23.8 Å². The molecule has 1 aliphatic rings. The Morgan fingerprint density at radius 2 is 1.57 bits per heavy atom. The molecular formula is C19H18N2O2. The molecule has 0 heterocycles. The fraction of sp³-hybridized carbons (Fsp3) is 0.158. The van der Waals surface area contributed by atoms with Gasteiger partial charge in [-0.1, -0.05) is 48.5 Å². The first-order valence-electron chi connectivity index (χ1n) is 7.62. The average Bonchev–Trinajstić information content (AvgIpc) is 2.61. The highest BCUT2D eigenvalue weighted by Gasteiger charge is 2.22. The van der Waals surface area contributed by atoms with Gasteiger partial charge >= 0.3 is 0 Å². The zero-order valence-electron chi connectivity index (χ0n) is 12.7. The molecule has 0 saturated heterocycles. The van der Waals surface area contributed by atoms with E-state index in [0.717, 1.165) is 11.3 Å². The zero-order valence-corrected chi connectivity index (χ0v) is 12.7. The Bertz CT molecular complexity index is 724. The summed E-state index contributed by atoms with van der Waals surface area (Å²) in [6, 6.07) is 18.9. The van der Waals surface area contributed by atoms with E-state index in [1.165, 1.54) is 0 Å². The fourth-order valence-corrected chi connectivity index (χ4v) is 2.74. The molecule has 0 unspecified atom stereocenters. The van der Waals surface area contributed by atoms with Crippen LogP contribution in [0.2, 0.25) is 0 Å². The molecule has 2 aromatic rings. The van der Waals surface area contributed by atoms with E-state index in [4.69, 9.17) is 0 Å². The third-order valence-corrected chi connectivity index (χ3v) is 3.89. The summed E-state index contributed by atoms with van der Waals surface area (Å²) in [5.74, 6) is -0.00725. The van der Waals surface area contributed by atoms with Crippen molar-refractivity contribution in [2.75, 3.05) is 0 Å². The molecule has 3 rings (SSSR count). The predicted octanol–water partition coefficient (Wildman–Crippen LogP) is 2.95. The highest BCUT2D eigenvalue weighted by Crippen LogP contribution is 2.29. The molecule has 4 nitrogen and oxygen atoms in total. The van der Waals surface area contributed by atoms with Crippen LogP contribution in [0.4, 0.5) is 0 Å². The number of benzene rings is 2. The van der Waals surface area contributed by atoms with Gasteiger partial charge < -0.3 is 5.43 Å². The van der Waals surface area contributed by atoms with Crippen molar-refractivity contribution < 1.29 is 9.59 Å². The Kier molecular flexibility index (Phi) is 4.52.